The fourth-order valence-corrected chi connectivity index (χ4v) is 5.73. The smallest absolute Gasteiger partial charge is 0.220 e. The van der Waals surface area contributed by atoms with Gasteiger partial charge >= 0.3 is 0 Å². The summed E-state index contributed by atoms with van der Waals surface area (Å²) in [5.41, 5.74) is 4.59. The van der Waals surface area contributed by atoms with Crippen molar-refractivity contribution in [1.29, 1.82) is 5.26 Å². The molecule has 1 amide bonds. The van der Waals surface area contributed by atoms with E-state index in [9.17, 15) is 4.79 Å². The molecule has 0 spiro atoms. The summed E-state index contributed by atoms with van der Waals surface area (Å²) in [6.45, 7) is 5.84. The average Bonchev–Trinajstić information content (AvgIpc) is 2.84. The number of rotatable bonds is 8. The van der Waals surface area contributed by atoms with Crippen molar-refractivity contribution < 1.29 is 4.79 Å². The second kappa shape index (κ2) is 11.7. The maximum absolute atomic E-state index is 12.0. The second-order valence-corrected chi connectivity index (χ2v) is 10.1. The molecule has 174 valence electrons. The highest BCUT2D eigenvalue weighted by molar-refractivity contribution is 5.76. The van der Waals surface area contributed by atoms with E-state index in [2.05, 4.69) is 39.4 Å². The molecular formula is C27H40N4O. The molecule has 1 saturated carbocycles. The molecule has 1 aromatic carbocycles. The zero-order chi connectivity index (χ0) is 22.2. The number of hydrogen-bond acceptors (Lipinski definition) is 4. The Labute approximate surface area is 194 Å². The number of nitrogens with zero attached hydrogens (tertiary/aromatic N) is 3. The van der Waals surface area contributed by atoms with E-state index in [0.29, 0.717) is 25.3 Å². The number of nitriles is 1. The third-order valence-corrected chi connectivity index (χ3v) is 7.83. The number of benzene rings is 1. The van der Waals surface area contributed by atoms with Crippen molar-refractivity contribution in [3.8, 4) is 6.07 Å². The van der Waals surface area contributed by atoms with Crippen LogP contribution in [0.4, 0.5) is 5.69 Å². The van der Waals surface area contributed by atoms with Gasteiger partial charge in [-0.3, -0.25) is 9.69 Å². The van der Waals surface area contributed by atoms with Gasteiger partial charge in [0.05, 0.1) is 6.07 Å². The molecule has 0 bridgehead atoms. The molecule has 3 aliphatic rings. The molecule has 4 rings (SSSR count). The highest BCUT2D eigenvalue weighted by Gasteiger charge is 2.24. The van der Waals surface area contributed by atoms with Crippen LogP contribution in [0.2, 0.25) is 0 Å². The number of carbonyl (C=O) groups is 1. The number of fused-ring (bicyclic) bond motifs is 1. The molecule has 5 nitrogen and oxygen atoms in total. The molecule has 1 heterocycles. The van der Waals surface area contributed by atoms with Crippen molar-refractivity contribution in [2.45, 2.75) is 83.1 Å². The van der Waals surface area contributed by atoms with Crippen LogP contribution in [-0.4, -0.2) is 49.6 Å². The van der Waals surface area contributed by atoms with E-state index in [1.54, 1.807) is 11.1 Å². The summed E-state index contributed by atoms with van der Waals surface area (Å²) in [5, 5.41) is 11.8. The first-order chi connectivity index (χ1) is 15.7. The van der Waals surface area contributed by atoms with Crippen LogP contribution in [0.3, 0.4) is 0 Å². The summed E-state index contributed by atoms with van der Waals surface area (Å²) in [6.07, 6.45) is 12.9. The lowest BCUT2D eigenvalue weighted by molar-refractivity contribution is -0.122. The Morgan fingerprint density at radius 3 is 2.53 bits per heavy atom. The Bertz CT molecular complexity index is 785. The summed E-state index contributed by atoms with van der Waals surface area (Å²) in [6, 6.07) is 9.64. The molecule has 0 aromatic heterocycles. The van der Waals surface area contributed by atoms with Crippen molar-refractivity contribution in [2.75, 3.05) is 37.6 Å². The van der Waals surface area contributed by atoms with Crippen LogP contribution in [0.1, 0.15) is 75.3 Å². The normalized spacial score (nSPS) is 23.9. The summed E-state index contributed by atoms with van der Waals surface area (Å²) >= 11 is 0. The molecule has 2 fully saturated rings. The first-order valence-corrected chi connectivity index (χ1v) is 13.0. The molecule has 0 unspecified atom stereocenters. The van der Waals surface area contributed by atoms with Gasteiger partial charge in [0.15, 0.2) is 0 Å². The molecule has 0 atom stereocenters. The van der Waals surface area contributed by atoms with E-state index < -0.39 is 0 Å². The van der Waals surface area contributed by atoms with Crippen molar-refractivity contribution in [3.05, 3.63) is 29.3 Å². The van der Waals surface area contributed by atoms with Crippen molar-refractivity contribution in [3.63, 3.8) is 0 Å². The van der Waals surface area contributed by atoms with E-state index in [1.807, 2.05) is 0 Å². The molecule has 1 saturated heterocycles. The standard InChI is InChI=1S/C27H40N4O/c28-15-4-3-7-27(32)29-25-11-8-22(9-12-25)14-16-30-17-19-31(20-18-30)26-13-10-23-5-1-2-6-24(23)21-26/h10,13,21-22,25H,1-9,11-12,14,16-20H2,(H,29,32)/t22-,25-. The first-order valence-electron chi connectivity index (χ1n) is 13.0. The van der Waals surface area contributed by atoms with Gasteiger partial charge in [-0.25, -0.2) is 0 Å². The first kappa shape index (κ1) is 23.1. The third-order valence-electron chi connectivity index (χ3n) is 7.83. The summed E-state index contributed by atoms with van der Waals surface area (Å²) in [4.78, 5) is 17.2. The minimum Gasteiger partial charge on any atom is -0.369 e. The molecule has 32 heavy (non-hydrogen) atoms. The molecule has 1 N–H and O–H groups in total. The maximum atomic E-state index is 12.0. The average molecular weight is 437 g/mol. The number of unbranched alkanes of at least 4 members (excludes halogenated alkanes) is 1. The van der Waals surface area contributed by atoms with Gasteiger partial charge in [-0.1, -0.05) is 6.07 Å². The van der Waals surface area contributed by atoms with Crippen LogP contribution >= 0.6 is 0 Å². The number of amides is 1. The van der Waals surface area contributed by atoms with E-state index >= 15 is 0 Å². The van der Waals surface area contributed by atoms with Crippen LogP contribution < -0.4 is 10.2 Å². The van der Waals surface area contributed by atoms with Gasteiger partial charge in [-0.05, 0) is 99.9 Å². The zero-order valence-corrected chi connectivity index (χ0v) is 19.7. The topological polar surface area (TPSA) is 59.4 Å². The Kier molecular flexibility index (Phi) is 8.45. The van der Waals surface area contributed by atoms with Gasteiger partial charge in [0.25, 0.3) is 0 Å². The number of carbonyl (C=O) groups excluding carboxylic acids is 1. The van der Waals surface area contributed by atoms with Gasteiger partial charge in [-0.2, -0.15) is 5.26 Å². The Morgan fingerprint density at radius 1 is 1.03 bits per heavy atom. The number of piperazine rings is 1. The van der Waals surface area contributed by atoms with E-state index in [0.717, 1.165) is 31.8 Å². The predicted octanol–water partition coefficient (Wildman–Crippen LogP) is 4.45. The van der Waals surface area contributed by atoms with Crippen molar-refractivity contribution in [2.24, 2.45) is 5.92 Å². The highest BCUT2D eigenvalue weighted by Crippen LogP contribution is 2.29. The van der Waals surface area contributed by atoms with Gasteiger partial charge in [0.1, 0.15) is 0 Å². The van der Waals surface area contributed by atoms with Crippen LogP contribution in [-0.2, 0) is 17.6 Å². The van der Waals surface area contributed by atoms with Crippen LogP contribution in [0.15, 0.2) is 18.2 Å². The Balaban J connectivity index is 1.12. The fourth-order valence-electron chi connectivity index (χ4n) is 5.73. The summed E-state index contributed by atoms with van der Waals surface area (Å²) < 4.78 is 0. The quantitative estimate of drug-likeness (QED) is 0.612. The lowest BCUT2D eigenvalue weighted by Gasteiger charge is -2.37. The number of nitrogens with one attached hydrogen (secondary N) is 1. The number of aryl methyl sites for hydroxylation is 2. The van der Waals surface area contributed by atoms with E-state index in [1.165, 1.54) is 70.3 Å². The minimum absolute atomic E-state index is 0.125. The maximum Gasteiger partial charge on any atom is 0.220 e. The zero-order valence-electron chi connectivity index (χ0n) is 19.7. The Hall–Kier alpha value is -2.06. The van der Waals surface area contributed by atoms with Gasteiger partial charge in [0.2, 0.25) is 5.91 Å². The largest absolute Gasteiger partial charge is 0.369 e. The van der Waals surface area contributed by atoms with Gasteiger partial charge in [-0.15, -0.1) is 0 Å². The van der Waals surface area contributed by atoms with Crippen LogP contribution in [0, 0.1) is 17.2 Å². The second-order valence-electron chi connectivity index (χ2n) is 10.1. The molecular weight excluding hydrogens is 396 g/mol. The lowest BCUT2D eigenvalue weighted by Crippen LogP contribution is -2.47. The van der Waals surface area contributed by atoms with Crippen molar-refractivity contribution in [1.82, 2.24) is 10.2 Å². The SMILES string of the molecule is N#CCCCC(=O)N[C@H]1CC[C@H](CCN2CCN(c3ccc4c(c3)CCCC4)CC2)CC1. The molecule has 5 heteroatoms. The van der Waals surface area contributed by atoms with Crippen LogP contribution in [0.25, 0.3) is 0 Å². The van der Waals surface area contributed by atoms with Crippen molar-refractivity contribution >= 4 is 11.6 Å². The summed E-state index contributed by atoms with van der Waals surface area (Å²) in [5.74, 6) is 0.931. The lowest BCUT2D eigenvalue weighted by atomic mass is 9.84. The van der Waals surface area contributed by atoms with Gasteiger partial charge < -0.3 is 10.2 Å². The molecule has 1 aromatic rings. The molecule has 1 aliphatic heterocycles. The minimum atomic E-state index is 0.125. The number of anilines is 1. The third kappa shape index (κ3) is 6.48. The van der Waals surface area contributed by atoms with E-state index in [-0.39, 0.29) is 5.91 Å². The monoisotopic (exact) mass is 436 g/mol. The number of hydrogen-bond donors (Lipinski definition) is 1. The van der Waals surface area contributed by atoms with E-state index in [4.69, 9.17) is 5.26 Å². The Morgan fingerprint density at radius 2 is 1.78 bits per heavy atom. The molecule has 0 radical (unpaired) electrons. The van der Waals surface area contributed by atoms with Crippen LogP contribution in [0.5, 0.6) is 0 Å². The molecule has 2 aliphatic carbocycles. The predicted molar refractivity (Wildman–Crippen MR) is 130 cm³/mol. The fraction of sp³-hybridized carbons (Fsp3) is 0.704. The highest BCUT2D eigenvalue weighted by atomic mass is 16.1. The van der Waals surface area contributed by atoms with Gasteiger partial charge in [0, 0.05) is 50.7 Å². The summed E-state index contributed by atoms with van der Waals surface area (Å²) in [7, 11) is 0.